The maximum absolute atomic E-state index is 12.1. The minimum absolute atomic E-state index is 0. The average molecular weight is 465 g/mol. The van der Waals surface area contributed by atoms with Crippen LogP contribution in [0.5, 0.6) is 0 Å². The molecule has 2 N–H and O–H groups in total. The van der Waals surface area contributed by atoms with Crippen molar-refractivity contribution in [2.75, 3.05) is 33.9 Å². The first kappa shape index (κ1) is 23.8. The molecule has 1 aliphatic rings. The fourth-order valence-electron chi connectivity index (χ4n) is 3.11. The monoisotopic (exact) mass is 465 g/mol. The van der Waals surface area contributed by atoms with E-state index >= 15 is 0 Å². The third-order valence-corrected chi connectivity index (χ3v) is 4.53. The van der Waals surface area contributed by atoms with Gasteiger partial charge in [0.1, 0.15) is 0 Å². The molecular formula is C16H31F3IN3O. The van der Waals surface area contributed by atoms with Gasteiger partial charge in [0.05, 0.1) is 0 Å². The van der Waals surface area contributed by atoms with E-state index in [4.69, 9.17) is 4.74 Å². The van der Waals surface area contributed by atoms with Gasteiger partial charge in [-0.2, -0.15) is 13.2 Å². The summed E-state index contributed by atoms with van der Waals surface area (Å²) in [7, 11) is 3.40. The number of nitrogens with one attached hydrogen (secondary N) is 2. The zero-order chi connectivity index (χ0) is 17.2. The predicted molar refractivity (Wildman–Crippen MR) is 102 cm³/mol. The lowest BCUT2D eigenvalue weighted by atomic mass is 9.83. The molecule has 0 amide bonds. The van der Waals surface area contributed by atoms with Gasteiger partial charge in [0.15, 0.2) is 5.96 Å². The van der Waals surface area contributed by atoms with Gasteiger partial charge in [-0.1, -0.05) is 12.8 Å². The number of alkyl halides is 3. The first-order chi connectivity index (χ1) is 10.9. The summed E-state index contributed by atoms with van der Waals surface area (Å²) in [5.41, 5.74) is 0.254. The van der Waals surface area contributed by atoms with Crippen LogP contribution in [0, 0.1) is 5.41 Å². The lowest BCUT2D eigenvalue weighted by molar-refractivity contribution is -0.135. The van der Waals surface area contributed by atoms with E-state index in [1.54, 1.807) is 14.2 Å². The van der Waals surface area contributed by atoms with Crippen LogP contribution in [0.25, 0.3) is 0 Å². The number of aliphatic imine (C=N–C) groups is 1. The smallest absolute Gasteiger partial charge is 0.385 e. The van der Waals surface area contributed by atoms with Gasteiger partial charge in [0, 0.05) is 40.3 Å². The highest BCUT2D eigenvalue weighted by atomic mass is 127. The molecule has 1 saturated carbocycles. The highest BCUT2D eigenvalue weighted by Crippen LogP contribution is 2.40. The van der Waals surface area contributed by atoms with Gasteiger partial charge in [-0.25, -0.2) is 0 Å². The molecule has 0 unspecified atom stereocenters. The standard InChI is InChI=1S/C16H30F3N3O.HI/c1-20-14(21-11-6-5-9-16(17,18)19)22-13-15(10-12-23-2)7-3-4-8-15;/h3-13H2,1-2H3,(H2,20,21,22);1H. The van der Waals surface area contributed by atoms with E-state index in [1.807, 2.05) is 0 Å². The summed E-state index contributed by atoms with van der Waals surface area (Å²) in [4.78, 5) is 4.15. The molecule has 0 spiro atoms. The number of halogens is 4. The van der Waals surface area contributed by atoms with Crippen molar-refractivity contribution in [3.05, 3.63) is 0 Å². The molecule has 0 saturated heterocycles. The Balaban J connectivity index is 0.00000529. The van der Waals surface area contributed by atoms with Crippen LogP contribution in [0.3, 0.4) is 0 Å². The van der Waals surface area contributed by atoms with Crippen LogP contribution < -0.4 is 10.6 Å². The van der Waals surface area contributed by atoms with Gasteiger partial charge in [-0.3, -0.25) is 4.99 Å². The normalized spacial score (nSPS) is 17.5. The maximum atomic E-state index is 12.1. The van der Waals surface area contributed by atoms with E-state index < -0.39 is 12.6 Å². The third kappa shape index (κ3) is 9.90. The van der Waals surface area contributed by atoms with Crippen LogP contribution in [0.4, 0.5) is 13.2 Å². The summed E-state index contributed by atoms with van der Waals surface area (Å²) in [6.45, 7) is 2.09. The minimum Gasteiger partial charge on any atom is -0.385 e. The van der Waals surface area contributed by atoms with Gasteiger partial charge in [-0.15, -0.1) is 24.0 Å². The third-order valence-electron chi connectivity index (χ3n) is 4.53. The lowest BCUT2D eigenvalue weighted by Crippen LogP contribution is -2.43. The number of methoxy groups -OCH3 is 1. The molecule has 1 rings (SSSR count). The molecule has 0 atom stereocenters. The molecule has 0 heterocycles. The van der Waals surface area contributed by atoms with Gasteiger partial charge in [0.25, 0.3) is 0 Å². The Kier molecular flexibility index (Phi) is 12.0. The molecule has 0 aliphatic heterocycles. The van der Waals surface area contributed by atoms with Gasteiger partial charge in [0.2, 0.25) is 0 Å². The second-order valence-corrected chi connectivity index (χ2v) is 6.37. The highest BCUT2D eigenvalue weighted by molar-refractivity contribution is 14.0. The van der Waals surface area contributed by atoms with Gasteiger partial charge >= 0.3 is 6.18 Å². The summed E-state index contributed by atoms with van der Waals surface area (Å²) in [5, 5.41) is 6.42. The molecule has 1 fully saturated rings. The molecule has 4 nitrogen and oxygen atoms in total. The van der Waals surface area contributed by atoms with Crippen LogP contribution in [-0.4, -0.2) is 46.0 Å². The van der Waals surface area contributed by atoms with E-state index in [1.165, 1.54) is 25.7 Å². The first-order valence-electron chi connectivity index (χ1n) is 8.41. The Morgan fingerprint density at radius 2 is 1.83 bits per heavy atom. The highest BCUT2D eigenvalue weighted by Gasteiger charge is 2.33. The van der Waals surface area contributed by atoms with Crippen molar-refractivity contribution >= 4 is 29.9 Å². The van der Waals surface area contributed by atoms with E-state index in [9.17, 15) is 13.2 Å². The summed E-state index contributed by atoms with van der Waals surface area (Å²) in [6, 6.07) is 0. The van der Waals surface area contributed by atoms with Crippen LogP contribution in [0.2, 0.25) is 0 Å². The van der Waals surface area contributed by atoms with Crippen LogP contribution in [-0.2, 0) is 4.74 Å². The van der Waals surface area contributed by atoms with E-state index in [0.717, 1.165) is 19.6 Å². The number of nitrogens with zero attached hydrogens (tertiary/aromatic N) is 1. The summed E-state index contributed by atoms with van der Waals surface area (Å²) >= 11 is 0. The van der Waals surface area contributed by atoms with Crippen molar-refractivity contribution in [3.63, 3.8) is 0 Å². The molecule has 0 aromatic rings. The Labute approximate surface area is 160 Å². The summed E-state index contributed by atoms with van der Waals surface area (Å²) < 4.78 is 41.5. The molecular weight excluding hydrogens is 434 g/mol. The first-order valence-corrected chi connectivity index (χ1v) is 8.41. The number of hydrogen-bond acceptors (Lipinski definition) is 2. The van der Waals surface area contributed by atoms with Crippen molar-refractivity contribution in [1.82, 2.24) is 10.6 Å². The maximum Gasteiger partial charge on any atom is 0.389 e. The molecule has 24 heavy (non-hydrogen) atoms. The Hall–Kier alpha value is -0.250. The number of hydrogen-bond donors (Lipinski definition) is 2. The van der Waals surface area contributed by atoms with Crippen molar-refractivity contribution in [1.29, 1.82) is 0 Å². The fourth-order valence-corrected chi connectivity index (χ4v) is 3.11. The second kappa shape index (κ2) is 12.2. The Bertz CT molecular complexity index is 359. The van der Waals surface area contributed by atoms with E-state index in [0.29, 0.717) is 18.9 Å². The molecule has 0 bridgehead atoms. The molecule has 0 aromatic carbocycles. The zero-order valence-electron chi connectivity index (χ0n) is 14.7. The van der Waals surface area contributed by atoms with Gasteiger partial charge in [-0.05, 0) is 37.5 Å². The molecule has 8 heteroatoms. The summed E-state index contributed by atoms with van der Waals surface area (Å²) in [5.74, 6) is 0.667. The topological polar surface area (TPSA) is 45.7 Å². The summed E-state index contributed by atoms with van der Waals surface area (Å²) in [6.07, 6.45) is 1.73. The van der Waals surface area contributed by atoms with Crippen molar-refractivity contribution in [3.8, 4) is 0 Å². The average Bonchev–Trinajstić information content (AvgIpc) is 2.96. The quantitative estimate of drug-likeness (QED) is 0.233. The predicted octanol–water partition coefficient (Wildman–Crippen LogP) is 4.10. The zero-order valence-corrected chi connectivity index (χ0v) is 17.0. The van der Waals surface area contributed by atoms with Crippen molar-refractivity contribution < 1.29 is 17.9 Å². The second-order valence-electron chi connectivity index (χ2n) is 6.37. The molecule has 0 aromatic heterocycles. The lowest BCUT2D eigenvalue weighted by Gasteiger charge is -2.30. The van der Waals surface area contributed by atoms with Crippen LogP contribution >= 0.6 is 24.0 Å². The van der Waals surface area contributed by atoms with Crippen molar-refractivity contribution in [2.24, 2.45) is 10.4 Å². The van der Waals surface area contributed by atoms with Gasteiger partial charge < -0.3 is 15.4 Å². The Morgan fingerprint density at radius 3 is 2.38 bits per heavy atom. The molecule has 0 radical (unpaired) electrons. The largest absolute Gasteiger partial charge is 0.389 e. The van der Waals surface area contributed by atoms with E-state index in [2.05, 4.69) is 15.6 Å². The number of ether oxygens (including phenoxy) is 1. The van der Waals surface area contributed by atoms with Crippen molar-refractivity contribution in [2.45, 2.75) is 57.5 Å². The van der Waals surface area contributed by atoms with E-state index in [-0.39, 0.29) is 35.8 Å². The minimum atomic E-state index is -4.06. The molecule has 1 aliphatic carbocycles. The number of guanidine groups is 1. The number of unbranched alkanes of at least 4 members (excludes halogenated alkanes) is 1. The van der Waals surface area contributed by atoms with Crippen LogP contribution in [0.1, 0.15) is 51.4 Å². The molecule has 144 valence electrons. The fraction of sp³-hybridized carbons (Fsp3) is 0.938. The number of rotatable bonds is 9. The Morgan fingerprint density at radius 1 is 1.17 bits per heavy atom. The SMILES string of the molecule is CN=C(NCCCCC(F)(F)F)NCC1(CCOC)CCCC1.I. The van der Waals surface area contributed by atoms with Crippen LogP contribution in [0.15, 0.2) is 4.99 Å².